The Hall–Kier alpha value is -2.63. The number of nitrogens with two attached hydrogens (primary N) is 1. The Bertz CT molecular complexity index is 720. The van der Waals surface area contributed by atoms with Gasteiger partial charge in [-0.05, 0) is 36.2 Å². The molecule has 0 bridgehead atoms. The van der Waals surface area contributed by atoms with Crippen molar-refractivity contribution in [3.63, 3.8) is 0 Å². The predicted octanol–water partition coefficient (Wildman–Crippen LogP) is 2.51. The number of aromatic nitrogens is 1. The zero-order valence-electron chi connectivity index (χ0n) is 12.1. The Kier molecular flexibility index (Phi) is 3.66. The molecule has 1 amide bonds. The van der Waals surface area contributed by atoms with Crippen LogP contribution in [-0.2, 0) is 11.3 Å². The van der Waals surface area contributed by atoms with E-state index >= 15 is 0 Å². The Labute approximate surface area is 127 Å². The molecular formula is C16H16FN3O2. The molecule has 22 heavy (non-hydrogen) atoms. The Morgan fingerprint density at radius 3 is 2.91 bits per heavy atom. The summed E-state index contributed by atoms with van der Waals surface area (Å²) in [6.07, 6.45) is -0.0195. The first-order valence-corrected chi connectivity index (χ1v) is 7.07. The van der Waals surface area contributed by atoms with E-state index in [4.69, 9.17) is 10.5 Å². The molecule has 0 radical (unpaired) electrons. The summed E-state index contributed by atoms with van der Waals surface area (Å²) in [5, 5.41) is 0. The van der Waals surface area contributed by atoms with E-state index in [2.05, 4.69) is 4.98 Å². The van der Waals surface area contributed by atoms with E-state index in [1.54, 1.807) is 24.3 Å². The van der Waals surface area contributed by atoms with Crippen LogP contribution in [-0.4, -0.2) is 17.0 Å². The summed E-state index contributed by atoms with van der Waals surface area (Å²) in [7, 11) is 0. The third-order valence-electron chi connectivity index (χ3n) is 3.53. The number of carbonyl (C=O) groups is 1. The highest BCUT2D eigenvalue weighted by Gasteiger charge is 2.34. The molecule has 2 N–H and O–H groups in total. The molecule has 3 rings (SSSR count). The van der Waals surface area contributed by atoms with Crippen LogP contribution in [0.2, 0.25) is 0 Å². The van der Waals surface area contributed by atoms with Gasteiger partial charge in [-0.3, -0.25) is 9.69 Å². The Morgan fingerprint density at radius 1 is 1.36 bits per heavy atom. The van der Waals surface area contributed by atoms with Crippen LogP contribution < -0.4 is 15.4 Å². The lowest BCUT2D eigenvalue weighted by Gasteiger charge is -2.33. The molecule has 1 aromatic carbocycles. The van der Waals surface area contributed by atoms with E-state index in [0.717, 1.165) is 0 Å². The molecule has 0 saturated carbocycles. The summed E-state index contributed by atoms with van der Waals surface area (Å²) >= 11 is 0. The quantitative estimate of drug-likeness (QED) is 0.945. The number of benzene rings is 1. The molecular weight excluding hydrogens is 285 g/mol. The maximum Gasteiger partial charge on any atom is 0.269 e. The molecule has 0 saturated heterocycles. The van der Waals surface area contributed by atoms with Gasteiger partial charge in [0.2, 0.25) is 0 Å². The van der Waals surface area contributed by atoms with Gasteiger partial charge in [-0.15, -0.1) is 0 Å². The number of nitrogens with zero attached hydrogens (tertiary/aromatic N) is 2. The SMILES string of the molecule is CCC1Oc2ccc(N)nc2N(Cc2cccc(F)c2)C1=O. The van der Waals surface area contributed by atoms with E-state index in [1.807, 2.05) is 6.92 Å². The number of fused-ring (bicyclic) bond motifs is 1. The first-order valence-electron chi connectivity index (χ1n) is 7.07. The number of nitrogen functional groups attached to an aromatic ring is 1. The Balaban J connectivity index is 2.00. The standard InChI is InChI=1S/C16H16FN3O2/c1-2-12-16(21)20(9-10-4-3-5-11(17)8-10)15-13(22-12)6-7-14(18)19-15/h3-8,12H,2,9H2,1H3,(H2,18,19). The summed E-state index contributed by atoms with van der Waals surface area (Å²) in [5.41, 5.74) is 6.39. The summed E-state index contributed by atoms with van der Waals surface area (Å²) in [5.74, 6) is 0.647. The molecule has 0 fully saturated rings. The number of ether oxygens (including phenoxy) is 1. The first-order chi connectivity index (χ1) is 10.6. The van der Waals surface area contributed by atoms with Crippen molar-refractivity contribution in [3.05, 3.63) is 47.8 Å². The average molecular weight is 301 g/mol. The van der Waals surface area contributed by atoms with Crippen LogP contribution in [0.5, 0.6) is 5.75 Å². The van der Waals surface area contributed by atoms with E-state index in [9.17, 15) is 9.18 Å². The van der Waals surface area contributed by atoms with Crippen molar-refractivity contribution in [2.45, 2.75) is 26.0 Å². The molecule has 114 valence electrons. The van der Waals surface area contributed by atoms with Crippen LogP contribution in [0.4, 0.5) is 16.0 Å². The number of halogens is 1. The lowest BCUT2D eigenvalue weighted by Crippen LogP contribution is -2.45. The largest absolute Gasteiger partial charge is 0.477 e. The fourth-order valence-corrected chi connectivity index (χ4v) is 2.45. The average Bonchev–Trinajstić information content (AvgIpc) is 2.50. The zero-order valence-corrected chi connectivity index (χ0v) is 12.1. The molecule has 6 heteroatoms. The van der Waals surface area contributed by atoms with Crippen LogP contribution in [0.15, 0.2) is 36.4 Å². The van der Waals surface area contributed by atoms with Crippen molar-refractivity contribution < 1.29 is 13.9 Å². The van der Waals surface area contributed by atoms with Crippen molar-refractivity contribution in [3.8, 4) is 5.75 Å². The van der Waals surface area contributed by atoms with Crippen molar-refractivity contribution in [1.29, 1.82) is 0 Å². The van der Waals surface area contributed by atoms with Gasteiger partial charge in [0.25, 0.3) is 5.91 Å². The third kappa shape index (κ3) is 2.59. The van der Waals surface area contributed by atoms with Gasteiger partial charge in [0.1, 0.15) is 11.6 Å². The molecule has 1 atom stereocenters. The Morgan fingerprint density at radius 2 is 2.18 bits per heavy atom. The van der Waals surface area contributed by atoms with Crippen LogP contribution in [0.3, 0.4) is 0 Å². The van der Waals surface area contributed by atoms with Gasteiger partial charge in [-0.1, -0.05) is 19.1 Å². The molecule has 0 spiro atoms. The van der Waals surface area contributed by atoms with Gasteiger partial charge >= 0.3 is 0 Å². The molecule has 1 aliphatic rings. The number of anilines is 2. The molecule has 1 aromatic heterocycles. The topological polar surface area (TPSA) is 68.5 Å². The number of pyridine rings is 1. The molecule has 5 nitrogen and oxygen atoms in total. The summed E-state index contributed by atoms with van der Waals surface area (Å²) in [6, 6.07) is 9.46. The van der Waals surface area contributed by atoms with Crippen molar-refractivity contribution in [2.24, 2.45) is 0 Å². The number of rotatable bonds is 3. The van der Waals surface area contributed by atoms with Crippen LogP contribution in [0, 0.1) is 5.82 Å². The fraction of sp³-hybridized carbons (Fsp3) is 0.250. The second-order valence-corrected chi connectivity index (χ2v) is 5.13. The number of carbonyl (C=O) groups excluding carboxylic acids is 1. The highest BCUT2D eigenvalue weighted by Crippen LogP contribution is 2.34. The van der Waals surface area contributed by atoms with Crippen LogP contribution >= 0.6 is 0 Å². The molecule has 1 aliphatic heterocycles. The second-order valence-electron chi connectivity index (χ2n) is 5.13. The maximum atomic E-state index is 13.4. The first kappa shape index (κ1) is 14.3. The monoisotopic (exact) mass is 301 g/mol. The van der Waals surface area contributed by atoms with Gasteiger partial charge < -0.3 is 10.5 Å². The maximum absolute atomic E-state index is 13.4. The molecule has 2 heterocycles. The van der Waals surface area contributed by atoms with E-state index in [-0.39, 0.29) is 18.3 Å². The fourth-order valence-electron chi connectivity index (χ4n) is 2.45. The van der Waals surface area contributed by atoms with Gasteiger partial charge in [-0.2, -0.15) is 0 Å². The lowest BCUT2D eigenvalue weighted by atomic mass is 10.1. The summed E-state index contributed by atoms with van der Waals surface area (Å²) in [6.45, 7) is 2.10. The van der Waals surface area contributed by atoms with Crippen molar-refractivity contribution in [2.75, 3.05) is 10.6 Å². The smallest absolute Gasteiger partial charge is 0.269 e. The number of hydrogen-bond donors (Lipinski definition) is 1. The van der Waals surface area contributed by atoms with E-state index in [1.165, 1.54) is 17.0 Å². The summed E-state index contributed by atoms with van der Waals surface area (Å²) < 4.78 is 19.0. The highest BCUT2D eigenvalue weighted by molar-refractivity contribution is 5.99. The predicted molar refractivity (Wildman–Crippen MR) is 80.9 cm³/mol. The van der Waals surface area contributed by atoms with E-state index < -0.39 is 6.10 Å². The van der Waals surface area contributed by atoms with Gasteiger partial charge in [0, 0.05) is 0 Å². The van der Waals surface area contributed by atoms with Gasteiger partial charge in [0.05, 0.1) is 6.54 Å². The van der Waals surface area contributed by atoms with Crippen LogP contribution in [0.1, 0.15) is 18.9 Å². The highest BCUT2D eigenvalue weighted by atomic mass is 19.1. The minimum absolute atomic E-state index is 0.197. The number of amides is 1. The third-order valence-corrected chi connectivity index (χ3v) is 3.53. The molecule has 1 unspecified atom stereocenters. The van der Waals surface area contributed by atoms with Gasteiger partial charge in [-0.25, -0.2) is 9.37 Å². The van der Waals surface area contributed by atoms with Crippen molar-refractivity contribution >= 4 is 17.5 Å². The lowest BCUT2D eigenvalue weighted by molar-refractivity contribution is -0.126. The second kappa shape index (κ2) is 5.63. The van der Waals surface area contributed by atoms with Crippen LogP contribution in [0.25, 0.3) is 0 Å². The number of hydrogen-bond acceptors (Lipinski definition) is 4. The summed E-state index contributed by atoms with van der Waals surface area (Å²) in [4.78, 5) is 18.2. The zero-order chi connectivity index (χ0) is 15.7. The molecule has 0 aliphatic carbocycles. The van der Waals surface area contributed by atoms with Crippen molar-refractivity contribution in [1.82, 2.24) is 4.98 Å². The minimum atomic E-state index is -0.563. The minimum Gasteiger partial charge on any atom is -0.477 e. The van der Waals surface area contributed by atoms with E-state index in [0.29, 0.717) is 29.4 Å². The normalized spacial score (nSPS) is 17.1. The molecule has 2 aromatic rings. The van der Waals surface area contributed by atoms with Gasteiger partial charge in [0.15, 0.2) is 17.7 Å².